The number of aliphatic hydroxyl groups excluding tert-OH is 1. The van der Waals surface area contributed by atoms with E-state index in [1.807, 2.05) is 30.3 Å². The summed E-state index contributed by atoms with van der Waals surface area (Å²) in [5, 5.41) is 21.7. The molecule has 0 aliphatic carbocycles. The molecule has 122 valence electrons. The Morgan fingerprint density at radius 3 is 2.62 bits per heavy atom. The predicted octanol–water partition coefficient (Wildman–Crippen LogP) is 2.71. The van der Waals surface area contributed by atoms with E-state index in [0.717, 1.165) is 5.56 Å². The number of nitrogens with zero attached hydrogens (tertiary/aromatic N) is 2. The SMILES string of the molecule is N#C[C@@H]1[C@@H](c2ccccc2)[C@H](CO)N1C(=O)Nc1cccc(F)c1. The fourth-order valence-corrected chi connectivity index (χ4v) is 3.12. The van der Waals surface area contributed by atoms with Crippen LogP contribution in [0.15, 0.2) is 54.6 Å². The van der Waals surface area contributed by atoms with Crippen molar-refractivity contribution in [3.8, 4) is 6.07 Å². The number of hydrogen-bond acceptors (Lipinski definition) is 3. The maximum atomic E-state index is 13.2. The average Bonchev–Trinajstić information content (AvgIpc) is 2.55. The highest BCUT2D eigenvalue weighted by molar-refractivity contribution is 5.91. The summed E-state index contributed by atoms with van der Waals surface area (Å²) < 4.78 is 13.2. The van der Waals surface area contributed by atoms with E-state index >= 15 is 0 Å². The van der Waals surface area contributed by atoms with Crippen LogP contribution >= 0.6 is 0 Å². The molecular weight excluding hydrogens is 309 g/mol. The number of aliphatic hydroxyl groups is 1. The minimum atomic E-state index is -0.682. The highest BCUT2D eigenvalue weighted by Crippen LogP contribution is 2.40. The Kier molecular flexibility index (Phi) is 4.45. The van der Waals surface area contributed by atoms with E-state index in [2.05, 4.69) is 11.4 Å². The zero-order chi connectivity index (χ0) is 17.1. The van der Waals surface area contributed by atoms with Crippen molar-refractivity contribution in [3.63, 3.8) is 0 Å². The molecule has 3 rings (SSSR count). The lowest BCUT2D eigenvalue weighted by Gasteiger charge is -2.51. The summed E-state index contributed by atoms with van der Waals surface area (Å²) in [6.45, 7) is -0.256. The van der Waals surface area contributed by atoms with Gasteiger partial charge in [-0.1, -0.05) is 36.4 Å². The number of rotatable bonds is 3. The monoisotopic (exact) mass is 325 g/mol. The van der Waals surface area contributed by atoms with Crippen LogP contribution in [0.4, 0.5) is 14.9 Å². The maximum absolute atomic E-state index is 13.2. The van der Waals surface area contributed by atoms with E-state index in [4.69, 9.17) is 0 Å². The van der Waals surface area contributed by atoms with Crippen LogP contribution in [0.3, 0.4) is 0 Å². The van der Waals surface area contributed by atoms with Crippen LogP contribution < -0.4 is 5.32 Å². The van der Waals surface area contributed by atoms with Gasteiger partial charge in [-0.3, -0.25) is 0 Å². The number of hydrogen-bond donors (Lipinski definition) is 2. The first-order valence-corrected chi connectivity index (χ1v) is 7.56. The molecule has 1 aliphatic heterocycles. The third kappa shape index (κ3) is 2.82. The molecule has 0 radical (unpaired) electrons. The van der Waals surface area contributed by atoms with Crippen LogP contribution in [0.5, 0.6) is 0 Å². The van der Waals surface area contributed by atoms with Crippen molar-refractivity contribution in [1.82, 2.24) is 4.90 Å². The molecule has 0 unspecified atom stereocenters. The van der Waals surface area contributed by atoms with Gasteiger partial charge in [0.25, 0.3) is 0 Å². The van der Waals surface area contributed by atoms with Gasteiger partial charge in [-0.05, 0) is 23.8 Å². The van der Waals surface area contributed by atoms with Gasteiger partial charge in [0.2, 0.25) is 0 Å². The number of halogens is 1. The molecule has 1 aliphatic rings. The van der Waals surface area contributed by atoms with Crippen molar-refractivity contribution in [1.29, 1.82) is 5.26 Å². The van der Waals surface area contributed by atoms with Crippen molar-refractivity contribution in [3.05, 3.63) is 66.0 Å². The van der Waals surface area contributed by atoms with Gasteiger partial charge in [-0.25, -0.2) is 9.18 Å². The summed E-state index contributed by atoms with van der Waals surface area (Å²) in [6.07, 6.45) is 0. The lowest BCUT2D eigenvalue weighted by Crippen LogP contribution is -2.66. The molecule has 2 aromatic carbocycles. The van der Waals surface area contributed by atoms with Crippen LogP contribution in [-0.2, 0) is 0 Å². The van der Waals surface area contributed by atoms with Crippen LogP contribution in [0, 0.1) is 17.1 Å². The van der Waals surface area contributed by atoms with Gasteiger partial charge < -0.3 is 15.3 Å². The number of likely N-dealkylation sites (tertiary alicyclic amines) is 1. The number of amides is 2. The van der Waals surface area contributed by atoms with Gasteiger partial charge in [0, 0.05) is 11.6 Å². The molecule has 3 atom stereocenters. The van der Waals surface area contributed by atoms with Crippen molar-refractivity contribution >= 4 is 11.7 Å². The number of carbonyl (C=O) groups excluding carboxylic acids is 1. The quantitative estimate of drug-likeness (QED) is 0.911. The summed E-state index contributed by atoms with van der Waals surface area (Å²) in [5.74, 6) is -0.714. The second-order valence-corrected chi connectivity index (χ2v) is 5.61. The van der Waals surface area contributed by atoms with Crippen molar-refractivity contribution in [2.45, 2.75) is 18.0 Å². The third-order valence-corrected chi connectivity index (χ3v) is 4.23. The molecule has 2 N–H and O–H groups in total. The number of nitrogens with one attached hydrogen (secondary N) is 1. The summed E-state index contributed by atoms with van der Waals surface area (Å²) >= 11 is 0. The normalized spacial score (nSPS) is 22.4. The first-order valence-electron chi connectivity index (χ1n) is 7.56. The smallest absolute Gasteiger partial charge is 0.323 e. The van der Waals surface area contributed by atoms with Crippen LogP contribution in [-0.4, -0.2) is 34.7 Å². The highest BCUT2D eigenvalue weighted by Gasteiger charge is 2.51. The lowest BCUT2D eigenvalue weighted by atomic mass is 9.76. The summed E-state index contributed by atoms with van der Waals surface area (Å²) in [5.41, 5.74) is 1.20. The molecule has 0 aromatic heterocycles. The summed E-state index contributed by atoms with van der Waals surface area (Å²) in [7, 11) is 0. The van der Waals surface area contributed by atoms with E-state index < -0.39 is 23.9 Å². The predicted molar refractivity (Wildman–Crippen MR) is 86.7 cm³/mol. The van der Waals surface area contributed by atoms with Gasteiger partial charge in [0.1, 0.15) is 11.9 Å². The van der Waals surface area contributed by atoms with Crippen LogP contribution in [0.2, 0.25) is 0 Å². The Hall–Kier alpha value is -2.91. The number of benzene rings is 2. The fourth-order valence-electron chi connectivity index (χ4n) is 3.12. The third-order valence-electron chi connectivity index (χ3n) is 4.23. The lowest BCUT2D eigenvalue weighted by molar-refractivity contribution is 0.0224. The van der Waals surface area contributed by atoms with Gasteiger partial charge in [-0.15, -0.1) is 0 Å². The zero-order valence-corrected chi connectivity index (χ0v) is 12.8. The molecule has 24 heavy (non-hydrogen) atoms. The maximum Gasteiger partial charge on any atom is 0.323 e. The minimum Gasteiger partial charge on any atom is -0.394 e. The Morgan fingerprint density at radius 2 is 2.00 bits per heavy atom. The van der Waals surface area contributed by atoms with E-state index in [-0.39, 0.29) is 12.5 Å². The first-order chi connectivity index (χ1) is 11.7. The van der Waals surface area contributed by atoms with Crippen LogP contribution in [0.25, 0.3) is 0 Å². The number of carbonyl (C=O) groups is 1. The van der Waals surface area contributed by atoms with Gasteiger partial charge in [0.05, 0.1) is 18.7 Å². The highest BCUT2D eigenvalue weighted by atomic mass is 19.1. The van der Waals surface area contributed by atoms with Gasteiger partial charge in [-0.2, -0.15) is 5.26 Å². The minimum absolute atomic E-state index is 0.251. The molecule has 1 saturated heterocycles. The fraction of sp³-hybridized carbons (Fsp3) is 0.222. The molecule has 2 amide bonds. The number of nitriles is 1. The Bertz CT molecular complexity index is 775. The van der Waals surface area contributed by atoms with Crippen molar-refractivity contribution in [2.75, 3.05) is 11.9 Å². The molecule has 6 heteroatoms. The average molecular weight is 325 g/mol. The standard InChI is InChI=1S/C18H16FN3O2/c19-13-7-4-8-14(9-13)21-18(24)22-15(10-20)17(16(22)11-23)12-5-2-1-3-6-12/h1-9,15-17,23H,11H2,(H,21,24)/t15-,16+,17-/m1/s1. The van der Waals surface area contributed by atoms with E-state index in [1.54, 1.807) is 6.07 Å². The Balaban J connectivity index is 1.80. The van der Waals surface area contributed by atoms with E-state index in [1.165, 1.54) is 23.1 Å². The van der Waals surface area contributed by atoms with Gasteiger partial charge >= 0.3 is 6.03 Å². The molecule has 0 saturated carbocycles. The Morgan fingerprint density at radius 1 is 1.25 bits per heavy atom. The molecular formula is C18H16FN3O2. The molecule has 1 fully saturated rings. The summed E-state index contributed by atoms with van der Waals surface area (Å²) in [6, 6.07) is 15.3. The molecule has 2 aromatic rings. The second-order valence-electron chi connectivity index (χ2n) is 5.61. The number of urea groups is 1. The first kappa shape index (κ1) is 16.0. The van der Waals surface area contributed by atoms with Gasteiger partial charge in [0.15, 0.2) is 0 Å². The summed E-state index contributed by atoms with van der Waals surface area (Å²) in [4.78, 5) is 13.8. The molecule has 1 heterocycles. The van der Waals surface area contributed by atoms with E-state index in [9.17, 15) is 19.6 Å². The van der Waals surface area contributed by atoms with Crippen LogP contribution in [0.1, 0.15) is 11.5 Å². The second kappa shape index (κ2) is 6.69. The largest absolute Gasteiger partial charge is 0.394 e. The van der Waals surface area contributed by atoms with Crippen molar-refractivity contribution in [2.24, 2.45) is 0 Å². The molecule has 0 spiro atoms. The zero-order valence-electron chi connectivity index (χ0n) is 12.8. The topological polar surface area (TPSA) is 76.4 Å². The van der Waals surface area contributed by atoms with Crippen molar-refractivity contribution < 1.29 is 14.3 Å². The Labute approximate surface area is 138 Å². The van der Waals surface area contributed by atoms with E-state index in [0.29, 0.717) is 5.69 Å². The molecule has 5 nitrogen and oxygen atoms in total. The molecule has 0 bridgehead atoms. The number of anilines is 1.